The van der Waals surface area contributed by atoms with Crippen LogP contribution in [0.3, 0.4) is 0 Å². The number of ether oxygens (including phenoxy) is 1. The summed E-state index contributed by atoms with van der Waals surface area (Å²) in [7, 11) is 0. The van der Waals surface area contributed by atoms with Crippen LogP contribution < -0.4 is 4.74 Å². The predicted molar refractivity (Wildman–Crippen MR) is 80.4 cm³/mol. The van der Waals surface area contributed by atoms with Gasteiger partial charge in [0.15, 0.2) is 0 Å². The molecule has 0 saturated carbocycles. The van der Waals surface area contributed by atoms with Crippen LogP contribution in [0.5, 0.6) is 5.75 Å². The molecule has 0 radical (unpaired) electrons. The minimum atomic E-state index is -0.961. The smallest absolute Gasteiger partial charge is 0.339 e. The average molecular weight is 288 g/mol. The normalized spacial score (nSPS) is 11.4. The summed E-state index contributed by atoms with van der Waals surface area (Å²) in [6.07, 6.45) is 1.55. The first-order chi connectivity index (χ1) is 9.82. The SMILES string of the molecule is CCOc1ccc(-n2cc(C(=O)O)c(C(C)(C)C)n2)cc1. The fourth-order valence-corrected chi connectivity index (χ4v) is 2.08. The van der Waals surface area contributed by atoms with E-state index in [4.69, 9.17) is 4.74 Å². The van der Waals surface area contributed by atoms with E-state index in [2.05, 4.69) is 5.10 Å². The second-order valence-corrected chi connectivity index (χ2v) is 5.82. The molecule has 1 aromatic carbocycles. The molecule has 0 amide bonds. The van der Waals surface area contributed by atoms with Gasteiger partial charge in [-0.2, -0.15) is 5.10 Å². The quantitative estimate of drug-likeness (QED) is 0.937. The standard InChI is InChI=1S/C16H20N2O3/c1-5-21-12-8-6-11(7-9-12)18-10-13(15(19)20)14(17-18)16(2,3)4/h6-10H,5H2,1-4H3,(H,19,20). The lowest BCUT2D eigenvalue weighted by Gasteiger charge is -2.15. The van der Waals surface area contributed by atoms with E-state index >= 15 is 0 Å². The summed E-state index contributed by atoms with van der Waals surface area (Å²) in [5.41, 5.74) is 1.28. The van der Waals surface area contributed by atoms with Crippen molar-refractivity contribution in [3.05, 3.63) is 41.7 Å². The van der Waals surface area contributed by atoms with E-state index in [1.54, 1.807) is 10.9 Å². The molecule has 21 heavy (non-hydrogen) atoms. The third-order valence-corrected chi connectivity index (χ3v) is 3.07. The van der Waals surface area contributed by atoms with Crippen LogP contribution in [0.1, 0.15) is 43.7 Å². The van der Waals surface area contributed by atoms with E-state index in [1.807, 2.05) is 52.0 Å². The van der Waals surface area contributed by atoms with Crippen molar-refractivity contribution in [1.29, 1.82) is 0 Å². The van der Waals surface area contributed by atoms with Crippen LogP contribution in [0.2, 0.25) is 0 Å². The number of benzene rings is 1. The summed E-state index contributed by atoms with van der Waals surface area (Å²) in [5.74, 6) is -0.181. The average Bonchev–Trinajstić information content (AvgIpc) is 2.85. The van der Waals surface area contributed by atoms with Gasteiger partial charge in [-0.3, -0.25) is 0 Å². The van der Waals surface area contributed by atoms with Crippen molar-refractivity contribution in [1.82, 2.24) is 9.78 Å². The number of aromatic nitrogens is 2. The Hall–Kier alpha value is -2.30. The van der Waals surface area contributed by atoms with Gasteiger partial charge in [0.2, 0.25) is 0 Å². The van der Waals surface area contributed by atoms with Crippen LogP contribution in [-0.4, -0.2) is 27.5 Å². The minimum Gasteiger partial charge on any atom is -0.494 e. The van der Waals surface area contributed by atoms with Gasteiger partial charge in [-0.15, -0.1) is 0 Å². The topological polar surface area (TPSA) is 64.3 Å². The van der Waals surface area contributed by atoms with Crippen molar-refractivity contribution >= 4 is 5.97 Å². The second-order valence-electron chi connectivity index (χ2n) is 5.82. The van der Waals surface area contributed by atoms with E-state index in [0.29, 0.717) is 12.3 Å². The van der Waals surface area contributed by atoms with Gasteiger partial charge in [0.1, 0.15) is 11.3 Å². The Morgan fingerprint density at radius 3 is 2.33 bits per heavy atom. The number of carboxylic acids is 1. The van der Waals surface area contributed by atoms with Gasteiger partial charge < -0.3 is 9.84 Å². The Morgan fingerprint density at radius 1 is 1.29 bits per heavy atom. The number of carboxylic acid groups (broad SMARTS) is 1. The summed E-state index contributed by atoms with van der Waals surface area (Å²) in [4.78, 5) is 11.4. The first-order valence-corrected chi connectivity index (χ1v) is 6.89. The lowest BCUT2D eigenvalue weighted by Crippen LogP contribution is -2.16. The maximum Gasteiger partial charge on any atom is 0.339 e. The van der Waals surface area contributed by atoms with E-state index in [1.165, 1.54) is 0 Å². The van der Waals surface area contributed by atoms with Gasteiger partial charge in [-0.05, 0) is 31.2 Å². The molecule has 1 aromatic heterocycles. The van der Waals surface area contributed by atoms with Crippen LogP contribution in [0.4, 0.5) is 0 Å². The van der Waals surface area contributed by atoms with Gasteiger partial charge >= 0.3 is 5.97 Å². The van der Waals surface area contributed by atoms with Crippen LogP contribution >= 0.6 is 0 Å². The summed E-state index contributed by atoms with van der Waals surface area (Å²) in [6.45, 7) is 8.38. The van der Waals surface area contributed by atoms with Crippen LogP contribution in [0.25, 0.3) is 5.69 Å². The fraction of sp³-hybridized carbons (Fsp3) is 0.375. The molecular formula is C16H20N2O3. The summed E-state index contributed by atoms with van der Waals surface area (Å²) in [6, 6.07) is 7.40. The highest BCUT2D eigenvalue weighted by molar-refractivity contribution is 5.89. The molecule has 2 aromatic rings. The molecule has 0 atom stereocenters. The number of carbonyl (C=O) groups is 1. The lowest BCUT2D eigenvalue weighted by atomic mass is 9.90. The zero-order valence-electron chi connectivity index (χ0n) is 12.8. The highest BCUT2D eigenvalue weighted by Gasteiger charge is 2.26. The Balaban J connectivity index is 2.43. The first kappa shape index (κ1) is 15.1. The second kappa shape index (κ2) is 5.60. The summed E-state index contributed by atoms with van der Waals surface area (Å²) >= 11 is 0. The Bertz CT molecular complexity index is 637. The van der Waals surface area contributed by atoms with Crippen molar-refractivity contribution in [2.24, 2.45) is 0 Å². The molecule has 1 heterocycles. The highest BCUT2D eigenvalue weighted by atomic mass is 16.5. The zero-order chi connectivity index (χ0) is 15.6. The lowest BCUT2D eigenvalue weighted by molar-refractivity contribution is 0.0694. The van der Waals surface area contributed by atoms with Gasteiger partial charge in [0.05, 0.1) is 18.0 Å². The number of hydrogen-bond acceptors (Lipinski definition) is 3. The molecule has 0 spiro atoms. The van der Waals surface area contributed by atoms with Crippen LogP contribution in [0, 0.1) is 0 Å². The molecule has 2 rings (SSSR count). The molecule has 1 N–H and O–H groups in total. The van der Waals surface area contributed by atoms with E-state index in [9.17, 15) is 9.90 Å². The minimum absolute atomic E-state index is 0.233. The maximum atomic E-state index is 11.4. The number of aromatic carboxylic acids is 1. The molecule has 0 bridgehead atoms. The highest BCUT2D eigenvalue weighted by Crippen LogP contribution is 2.26. The molecule has 0 fully saturated rings. The number of nitrogens with zero attached hydrogens (tertiary/aromatic N) is 2. The first-order valence-electron chi connectivity index (χ1n) is 6.89. The third kappa shape index (κ3) is 3.24. The molecular weight excluding hydrogens is 268 g/mol. The number of hydrogen-bond donors (Lipinski definition) is 1. The summed E-state index contributed by atoms with van der Waals surface area (Å²) < 4.78 is 6.99. The Labute approximate surface area is 124 Å². The van der Waals surface area contributed by atoms with Gasteiger partial charge in [0.25, 0.3) is 0 Å². The van der Waals surface area contributed by atoms with Gasteiger partial charge in [-0.1, -0.05) is 20.8 Å². The molecule has 0 saturated heterocycles. The largest absolute Gasteiger partial charge is 0.494 e. The van der Waals surface area contributed by atoms with Crippen molar-refractivity contribution in [3.63, 3.8) is 0 Å². The van der Waals surface area contributed by atoms with Crippen molar-refractivity contribution in [2.75, 3.05) is 6.61 Å². The fourth-order valence-electron chi connectivity index (χ4n) is 2.08. The third-order valence-electron chi connectivity index (χ3n) is 3.07. The molecule has 0 aliphatic carbocycles. The monoisotopic (exact) mass is 288 g/mol. The summed E-state index contributed by atoms with van der Waals surface area (Å²) in [5, 5.41) is 13.8. The molecule has 5 heteroatoms. The van der Waals surface area contributed by atoms with Crippen molar-refractivity contribution in [3.8, 4) is 11.4 Å². The zero-order valence-corrected chi connectivity index (χ0v) is 12.8. The molecule has 0 aliphatic rings. The van der Waals surface area contributed by atoms with Crippen LogP contribution in [0.15, 0.2) is 30.5 Å². The maximum absolute atomic E-state index is 11.4. The molecule has 0 aliphatic heterocycles. The van der Waals surface area contributed by atoms with Gasteiger partial charge in [0, 0.05) is 11.6 Å². The van der Waals surface area contributed by atoms with E-state index < -0.39 is 5.97 Å². The number of rotatable bonds is 4. The van der Waals surface area contributed by atoms with Crippen LogP contribution in [-0.2, 0) is 5.41 Å². The predicted octanol–water partition coefficient (Wildman–Crippen LogP) is 3.27. The molecule has 0 unspecified atom stereocenters. The van der Waals surface area contributed by atoms with Crippen molar-refractivity contribution < 1.29 is 14.6 Å². The van der Waals surface area contributed by atoms with Crippen molar-refractivity contribution in [2.45, 2.75) is 33.1 Å². The Kier molecular flexibility index (Phi) is 4.02. The molecule has 5 nitrogen and oxygen atoms in total. The van der Waals surface area contributed by atoms with E-state index in [0.717, 1.165) is 11.4 Å². The van der Waals surface area contributed by atoms with E-state index in [-0.39, 0.29) is 11.0 Å². The molecule has 112 valence electrons. The van der Waals surface area contributed by atoms with Gasteiger partial charge in [-0.25, -0.2) is 9.48 Å². The Morgan fingerprint density at radius 2 is 1.90 bits per heavy atom.